The van der Waals surface area contributed by atoms with Gasteiger partial charge >= 0.3 is 0 Å². The largest absolute Gasteiger partial charge is 0.347 e. The maximum Gasteiger partial charge on any atom is 0.147 e. The van der Waals surface area contributed by atoms with Gasteiger partial charge in [0.25, 0.3) is 0 Å². The van der Waals surface area contributed by atoms with Crippen molar-refractivity contribution in [2.24, 2.45) is 0 Å². The Morgan fingerprint density at radius 3 is 2.76 bits per heavy atom. The van der Waals surface area contributed by atoms with Crippen LogP contribution in [0.25, 0.3) is 10.9 Å². The minimum Gasteiger partial charge on any atom is -0.347 e. The van der Waals surface area contributed by atoms with Crippen LogP contribution in [0.3, 0.4) is 0 Å². The van der Waals surface area contributed by atoms with Crippen molar-refractivity contribution in [3.05, 3.63) is 36.3 Å². The van der Waals surface area contributed by atoms with Gasteiger partial charge in [0.2, 0.25) is 0 Å². The van der Waals surface area contributed by atoms with E-state index in [4.69, 9.17) is 0 Å². The summed E-state index contributed by atoms with van der Waals surface area (Å²) in [6.07, 6.45) is 3.55. The molecule has 17 heavy (non-hydrogen) atoms. The number of hydrogen-bond acceptors (Lipinski definition) is 2. The Balaban J connectivity index is 2.17. The minimum atomic E-state index is -2.93. The van der Waals surface area contributed by atoms with Gasteiger partial charge in [-0.15, -0.1) is 0 Å². The van der Waals surface area contributed by atoms with Crippen LogP contribution in [0.1, 0.15) is 6.42 Å². The summed E-state index contributed by atoms with van der Waals surface area (Å²) in [6, 6.07) is 6.62. The van der Waals surface area contributed by atoms with Crippen LogP contribution in [0.5, 0.6) is 0 Å². The third-order valence-corrected chi connectivity index (χ3v) is 3.70. The van der Waals surface area contributed by atoms with Crippen molar-refractivity contribution in [1.29, 1.82) is 0 Å². The number of hydrogen-bond donors (Lipinski definition) is 0. The Bertz CT molecular complexity index is 631. The molecule has 0 bridgehead atoms. The first kappa shape index (κ1) is 12.1. The van der Waals surface area contributed by atoms with Crippen LogP contribution in [0, 0.1) is 5.82 Å². The lowest BCUT2D eigenvalue weighted by Crippen LogP contribution is -2.06. The Kier molecular flexibility index (Phi) is 3.19. The van der Waals surface area contributed by atoms with Gasteiger partial charge in [-0.2, -0.15) is 0 Å². The zero-order chi connectivity index (χ0) is 12.5. The molecular formula is C12H14FNO2S. The second-order valence-corrected chi connectivity index (χ2v) is 6.42. The first-order valence-corrected chi connectivity index (χ1v) is 7.44. The van der Waals surface area contributed by atoms with Gasteiger partial charge < -0.3 is 4.57 Å². The molecule has 0 unspecified atom stereocenters. The maximum atomic E-state index is 13.4. The maximum absolute atomic E-state index is 13.4. The van der Waals surface area contributed by atoms with Crippen LogP contribution in [-0.4, -0.2) is 25.0 Å². The number of aromatic nitrogens is 1. The normalized spacial score (nSPS) is 12.1. The molecule has 0 amide bonds. The van der Waals surface area contributed by atoms with Gasteiger partial charge in [0.15, 0.2) is 0 Å². The molecule has 1 aromatic heterocycles. The number of fused-ring (bicyclic) bond motifs is 1. The fraction of sp³-hybridized carbons (Fsp3) is 0.333. The van der Waals surface area contributed by atoms with Gasteiger partial charge in [-0.1, -0.05) is 6.07 Å². The third-order valence-electron chi connectivity index (χ3n) is 2.67. The number of rotatable bonds is 4. The summed E-state index contributed by atoms with van der Waals surface area (Å²) in [5, 5.41) is 0.576. The highest BCUT2D eigenvalue weighted by atomic mass is 32.2. The van der Waals surface area contributed by atoms with E-state index in [9.17, 15) is 12.8 Å². The van der Waals surface area contributed by atoms with Crippen LogP contribution < -0.4 is 0 Å². The minimum absolute atomic E-state index is 0.155. The first-order chi connectivity index (χ1) is 7.97. The SMILES string of the molecule is CS(=O)(=O)CCCn1ccc2c(F)cccc21. The molecule has 0 aliphatic rings. The molecule has 0 saturated carbocycles. The van der Waals surface area contributed by atoms with Crippen LogP contribution in [0.2, 0.25) is 0 Å². The van der Waals surface area contributed by atoms with Crippen LogP contribution in [0.15, 0.2) is 30.5 Å². The van der Waals surface area contributed by atoms with Gasteiger partial charge in [-0.25, -0.2) is 12.8 Å². The van der Waals surface area contributed by atoms with Crippen LogP contribution in [-0.2, 0) is 16.4 Å². The van der Waals surface area contributed by atoms with Crippen molar-refractivity contribution in [2.45, 2.75) is 13.0 Å². The summed E-state index contributed by atoms with van der Waals surface area (Å²) in [4.78, 5) is 0. The van der Waals surface area contributed by atoms with Crippen molar-refractivity contribution in [3.8, 4) is 0 Å². The Hall–Kier alpha value is -1.36. The first-order valence-electron chi connectivity index (χ1n) is 5.38. The van der Waals surface area contributed by atoms with Gasteiger partial charge in [0.05, 0.1) is 11.3 Å². The van der Waals surface area contributed by atoms with Crippen molar-refractivity contribution >= 4 is 20.7 Å². The van der Waals surface area contributed by atoms with Crippen molar-refractivity contribution in [2.75, 3.05) is 12.0 Å². The Morgan fingerprint density at radius 1 is 1.29 bits per heavy atom. The van der Waals surface area contributed by atoms with E-state index in [1.807, 2.05) is 10.6 Å². The van der Waals surface area contributed by atoms with E-state index in [0.717, 1.165) is 5.52 Å². The molecule has 0 N–H and O–H groups in total. The number of benzene rings is 1. The highest BCUT2D eigenvalue weighted by Gasteiger charge is 2.06. The van der Waals surface area contributed by atoms with Crippen LogP contribution in [0.4, 0.5) is 4.39 Å². The second kappa shape index (κ2) is 4.49. The Labute approximate surface area is 99.8 Å². The Morgan fingerprint density at radius 2 is 2.06 bits per heavy atom. The summed E-state index contributed by atoms with van der Waals surface area (Å²) in [5.74, 6) is -0.0912. The summed E-state index contributed by atoms with van der Waals surface area (Å²) in [5.41, 5.74) is 0.804. The molecule has 2 rings (SSSR count). The second-order valence-electron chi connectivity index (χ2n) is 4.17. The molecule has 0 radical (unpaired) electrons. The van der Waals surface area contributed by atoms with Gasteiger partial charge in [0, 0.05) is 24.4 Å². The molecule has 3 nitrogen and oxygen atoms in total. The smallest absolute Gasteiger partial charge is 0.147 e. The molecule has 0 aliphatic carbocycles. The fourth-order valence-corrected chi connectivity index (χ4v) is 2.53. The summed E-state index contributed by atoms with van der Waals surface area (Å²) in [7, 11) is -2.93. The van der Waals surface area contributed by atoms with E-state index in [0.29, 0.717) is 18.4 Å². The van der Waals surface area contributed by atoms with Gasteiger partial charge in [-0.05, 0) is 24.6 Å². The molecule has 1 heterocycles. The molecule has 0 aliphatic heterocycles. The highest BCUT2D eigenvalue weighted by molar-refractivity contribution is 7.90. The molecule has 2 aromatic rings. The number of sulfone groups is 1. The highest BCUT2D eigenvalue weighted by Crippen LogP contribution is 2.19. The van der Waals surface area contributed by atoms with E-state index in [1.54, 1.807) is 18.3 Å². The summed E-state index contributed by atoms with van der Waals surface area (Å²) < 4.78 is 37.3. The summed E-state index contributed by atoms with van der Waals surface area (Å²) in [6.45, 7) is 0.583. The molecule has 0 spiro atoms. The van der Waals surface area contributed by atoms with E-state index >= 15 is 0 Å². The monoisotopic (exact) mass is 255 g/mol. The number of aryl methyl sites for hydroxylation is 1. The van der Waals surface area contributed by atoms with Crippen molar-refractivity contribution in [3.63, 3.8) is 0 Å². The van der Waals surface area contributed by atoms with E-state index in [1.165, 1.54) is 12.3 Å². The molecular weight excluding hydrogens is 241 g/mol. The standard InChI is InChI=1S/C12H14FNO2S/c1-17(15,16)9-3-7-14-8-6-10-11(13)4-2-5-12(10)14/h2,4-6,8H,3,7,9H2,1H3. The van der Waals surface area contributed by atoms with Crippen molar-refractivity contribution in [1.82, 2.24) is 4.57 Å². The van der Waals surface area contributed by atoms with Crippen LogP contribution >= 0.6 is 0 Å². The van der Waals surface area contributed by atoms with Crippen molar-refractivity contribution < 1.29 is 12.8 Å². The van der Waals surface area contributed by atoms with E-state index in [2.05, 4.69) is 0 Å². The zero-order valence-corrected chi connectivity index (χ0v) is 10.4. The van der Waals surface area contributed by atoms with Gasteiger partial charge in [0.1, 0.15) is 15.7 Å². The molecule has 1 aromatic carbocycles. The average Bonchev–Trinajstić information content (AvgIpc) is 2.61. The lowest BCUT2D eigenvalue weighted by Gasteiger charge is -2.04. The quantitative estimate of drug-likeness (QED) is 0.840. The topological polar surface area (TPSA) is 39.1 Å². The zero-order valence-electron chi connectivity index (χ0n) is 9.56. The lowest BCUT2D eigenvalue weighted by molar-refractivity contribution is 0.593. The van der Waals surface area contributed by atoms with E-state index < -0.39 is 9.84 Å². The third kappa shape index (κ3) is 2.85. The lowest BCUT2D eigenvalue weighted by atomic mass is 10.2. The molecule has 0 saturated heterocycles. The van der Waals surface area contributed by atoms with E-state index in [-0.39, 0.29) is 11.6 Å². The molecule has 0 atom stereocenters. The molecule has 92 valence electrons. The number of nitrogens with zero attached hydrogens (tertiary/aromatic N) is 1. The summed E-state index contributed by atoms with van der Waals surface area (Å²) >= 11 is 0. The average molecular weight is 255 g/mol. The molecule has 5 heteroatoms. The fourth-order valence-electron chi connectivity index (χ4n) is 1.88. The predicted molar refractivity (Wildman–Crippen MR) is 66.2 cm³/mol. The predicted octanol–water partition coefficient (Wildman–Crippen LogP) is 2.22. The van der Waals surface area contributed by atoms with Gasteiger partial charge in [-0.3, -0.25) is 0 Å². The number of halogens is 1. The molecule has 0 fully saturated rings.